The molecule has 0 saturated heterocycles. The molecule has 5 N–H and O–H groups in total. The second-order valence-corrected chi connectivity index (χ2v) is 3.57. The lowest BCUT2D eigenvalue weighted by molar-refractivity contribution is 0.105. The average Bonchev–Trinajstić information content (AvgIpc) is 2.30. The molecule has 6 heteroatoms. The van der Waals surface area contributed by atoms with Crippen LogP contribution in [-0.4, -0.2) is 39.4 Å². The number of hydrogen-bond acceptors (Lipinski definition) is 6. The monoisotopic (exact) mass is 226 g/mol. The van der Waals surface area contributed by atoms with Gasteiger partial charge in [-0.2, -0.15) is 0 Å². The van der Waals surface area contributed by atoms with E-state index in [0.717, 1.165) is 5.56 Å². The Balaban J connectivity index is 2.82. The molecule has 0 aliphatic heterocycles. The first-order chi connectivity index (χ1) is 7.58. The first-order valence-electron chi connectivity index (χ1n) is 5.24. The van der Waals surface area contributed by atoms with E-state index in [1.807, 2.05) is 13.8 Å². The molecule has 1 aromatic heterocycles. The molecule has 6 nitrogen and oxygen atoms in total. The van der Waals surface area contributed by atoms with Gasteiger partial charge in [-0.3, -0.25) is 0 Å². The van der Waals surface area contributed by atoms with E-state index in [1.165, 1.54) is 0 Å². The maximum Gasteiger partial charge on any atom is 0.134 e. The molecule has 0 spiro atoms. The van der Waals surface area contributed by atoms with Gasteiger partial charge < -0.3 is 21.3 Å². The molecule has 16 heavy (non-hydrogen) atoms. The molecular formula is C10H18N4O2. The average molecular weight is 226 g/mol. The molecule has 0 aliphatic carbocycles. The predicted octanol–water partition coefficient (Wildman–Crippen LogP) is -0.305. The van der Waals surface area contributed by atoms with Crippen molar-refractivity contribution in [1.82, 2.24) is 9.97 Å². The number of nitrogens with one attached hydrogen (secondary N) is 1. The molecule has 1 aromatic rings. The maximum atomic E-state index is 9.22. The van der Waals surface area contributed by atoms with E-state index >= 15 is 0 Å². The zero-order valence-corrected chi connectivity index (χ0v) is 9.56. The van der Waals surface area contributed by atoms with E-state index in [-0.39, 0.29) is 13.2 Å². The highest BCUT2D eigenvalue weighted by Crippen LogP contribution is 2.17. The Hall–Kier alpha value is -1.40. The third-order valence-electron chi connectivity index (χ3n) is 2.26. The van der Waals surface area contributed by atoms with Crippen molar-refractivity contribution in [3.05, 3.63) is 11.4 Å². The van der Waals surface area contributed by atoms with E-state index in [9.17, 15) is 5.11 Å². The zero-order valence-electron chi connectivity index (χ0n) is 9.56. The maximum absolute atomic E-state index is 9.22. The van der Waals surface area contributed by atoms with Gasteiger partial charge >= 0.3 is 0 Å². The molecule has 0 saturated carbocycles. The van der Waals surface area contributed by atoms with Crippen LogP contribution in [0.1, 0.15) is 18.3 Å². The van der Waals surface area contributed by atoms with Crippen LogP contribution in [0.3, 0.4) is 0 Å². The Labute approximate surface area is 94.5 Å². The van der Waals surface area contributed by atoms with Gasteiger partial charge in [0, 0.05) is 18.5 Å². The van der Waals surface area contributed by atoms with Crippen LogP contribution in [0.25, 0.3) is 0 Å². The Morgan fingerprint density at radius 2 is 2.12 bits per heavy atom. The lowest BCUT2D eigenvalue weighted by Gasteiger charge is -2.13. The van der Waals surface area contributed by atoms with Gasteiger partial charge in [0.05, 0.1) is 12.7 Å². The van der Waals surface area contributed by atoms with Crippen molar-refractivity contribution in [2.45, 2.75) is 26.4 Å². The number of aromatic nitrogens is 2. The summed E-state index contributed by atoms with van der Waals surface area (Å²) in [5.74, 6) is 1.70. The topological polar surface area (TPSA) is 104 Å². The van der Waals surface area contributed by atoms with Crippen molar-refractivity contribution in [2.75, 3.05) is 24.2 Å². The molecule has 90 valence electrons. The van der Waals surface area contributed by atoms with Crippen LogP contribution in [0.4, 0.5) is 11.6 Å². The first-order valence-corrected chi connectivity index (χ1v) is 5.24. The third kappa shape index (κ3) is 3.04. The van der Waals surface area contributed by atoms with Gasteiger partial charge in [-0.25, -0.2) is 9.97 Å². The second kappa shape index (κ2) is 5.62. The van der Waals surface area contributed by atoms with Crippen LogP contribution in [-0.2, 0) is 6.42 Å². The summed E-state index contributed by atoms with van der Waals surface area (Å²) in [7, 11) is 0. The fraction of sp³-hybridized carbons (Fsp3) is 0.600. The van der Waals surface area contributed by atoms with Crippen LogP contribution in [0, 0.1) is 6.92 Å². The van der Waals surface area contributed by atoms with Crippen molar-refractivity contribution in [1.29, 1.82) is 0 Å². The minimum absolute atomic E-state index is 0.233. The molecule has 0 amide bonds. The molecule has 0 bridgehead atoms. The number of nitrogen functional groups attached to an aromatic ring is 1. The number of rotatable bonds is 5. The van der Waals surface area contributed by atoms with Crippen LogP contribution in [0.5, 0.6) is 0 Å². The fourth-order valence-corrected chi connectivity index (χ4v) is 1.19. The molecule has 0 aromatic carbocycles. The van der Waals surface area contributed by atoms with Crippen molar-refractivity contribution in [3.63, 3.8) is 0 Å². The SMILES string of the molecule is CCc1nc(N)c(C)c(NCC(O)CO)n1. The van der Waals surface area contributed by atoms with E-state index in [4.69, 9.17) is 10.8 Å². The summed E-state index contributed by atoms with van der Waals surface area (Å²) in [5, 5.41) is 20.8. The summed E-state index contributed by atoms with van der Waals surface area (Å²) in [6.45, 7) is 3.70. The number of aliphatic hydroxyl groups is 2. The Morgan fingerprint density at radius 1 is 1.44 bits per heavy atom. The van der Waals surface area contributed by atoms with E-state index in [1.54, 1.807) is 0 Å². The van der Waals surface area contributed by atoms with Gasteiger partial charge in [0.25, 0.3) is 0 Å². The molecule has 0 fully saturated rings. The van der Waals surface area contributed by atoms with Gasteiger partial charge in [-0.15, -0.1) is 0 Å². The number of aryl methyl sites for hydroxylation is 1. The van der Waals surface area contributed by atoms with E-state index in [2.05, 4.69) is 15.3 Å². The van der Waals surface area contributed by atoms with E-state index in [0.29, 0.717) is 23.9 Å². The van der Waals surface area contributed by atoms with Crippen molar-refractivity contribution < 1.29 is 10.2 Å². The Bertz CT molecular complexity index is 357. The zero-order chi connectivity index (χ0) is 12.1. The molecule has 1 heterocycles. The Morgan fingerprint density at radius 3 is 2.69 bits per heavy atom. The predicted molar refractivity (Wildman–Crippen MR) is 62.1 cm³/mol. The summed E-state index contributed by atoms with van der Waals surface area (Å²) < 4.78 is 0. The van der Waals surface area contributed by atoms with Crippen LogP contribution in [0.2, 0.25) is 0 Å². The largest absolute Gasteiger partial charge is 0.394 e. The van der Waals surface area contributed by atoms with Crippen LogP contribution >= 0.6 is 0 Å². The number of anilines is 2. The number of aliphatic hydroxyl groups excluding tert-OH is 2. The molecule has 1 rings (SSSR count). The van der Waals surface area contributed by atoms with Crippen LogP contribution < -0.4 is 11.1 Å². The number of nitrogens with zero attached hydrogens (tertiary/aromatic N) is 2. The van der Waals surface area contributed by atoms with Crippen molar-refractivity contribution in [3.8, 4) is 0 Å². The quantitative estimate of drug-likeness (QED) is 0.549. The summed E-state index contributed by atoms with van der Waals surface area (Å²) >= 11 is 0. The highest BCUT2D eigenvalue weighted by molar-refractivity contribution is 5.54. The van der Waals surface area contributed by atoms with Gasteiger partial charge in [0.2, 0.25) is 0 Å². The fourth-order valence-electron chi connectivity index (χ4n) is 1.19. The minimum Gasteiger partial charge on any atom is -0.394 e. The number of hydrogen-bond donors (Lipinski definition) is 4. The van der Waals surface area contributed by atoms with Gasteiger partial charge in [-0.1, -0.05) is 6.92 Å². The standard InChI is InChI=1S/C10H18N4O2/c1-3-8-13-9(11)6(2)10(14-8)12-4-7(16)5-15/h7,15-16H,3-5H2,1-2H3,(H3,11,12,13,14). The summed E-state index contributed by atoms with van der Waals surface area (Å²) in [6, 6.07) is 0. The second-order valence-electron chi connectivity index (χ2n) is 3.57. The lowest BCUT2D eigenvalue weighted by atomic mass is 10.3. The normalized spacial score (nSPS) is 12.5. The van der Waals surface area contributed by atoms with Crippen molar-refractivity contribution in [2.24, 2.45) is 0 Å². The molecule has 0 radical (unpaired) electrons. The van der Waals surface area contributed by atoms with Gasteiger partial charge in [0.1, 0.15) is 17.5 Å². The number of nitrogens with two attached hydrogens (primary N) is 1. The summed E-state index contributed by atoms with van der Waals surface area (Å²) in [6.07, 6.45) is -0.109. The molecular weight excluding hydrogens is 208 g/mol. The summed E-state index contributed by atoms with van der Waals surface area (Å²) in [5.41, 5.74) is 6.49. The lowest BCUT2D eigenvalue weighted by Crippen LogP contribution is -2.24. The molecule has 0 aliphatic rings. The van der Waals surface area contributed by atoms with Gasteiger partial charge in [-0.05, 0) is 6.92 Å². The minimum atomic E-state index is -0.805. The van der Waals surface area contributed by atoms with Gasteiger partial charge in [0.15, 0.2) is 0 Å². The smallest absolute Gasteiger partial charge is 0.134 e. The Kier molecular flexibility index (Phi) is 4.45. The third-order valence-corrected chi connectivity index (χ3v) is 2.26. The highest BCUT2D eigenvalue weighted by atomic mass is 16.3. The summed E-state index contributed by atoms with van der Waals surface area (Å²) in [4.78, 5) is 8.38. The molecule has 1 atom stereocenters. The highest BCUT2D eigenvalue weighted by Gasteiger charge is 2.09. The van der Waals surface area contributed by atoms with Crippen LogP contribution in [0.15, 0.2) is 0 Å². The molecule has 1 unspecified atom stereocenters. The first kappa shape index (κ1) is 12.7. The van der Waals surface area contributed by atoms with E-state index < -0.39 is 6.10 Å². The van der Waals surface area contributed by atoms with Crippen molar-refractivity contribution >= 4 is 11.6 Å².